The number of halogens is 1. The Labute approximate surface area is 116 Å². The number of rotatable bonds is 4. The molecule has 2 aromatic rings. The highest BCUT2D eigenvalue weighted by Gasteiger charge is 2.09. The smallest absolute Gasteiger partial charge is 0.164 e. The van der Waals surface area contributed by atoms with Crippen molar-refractivity contribution in [3.63, 3.8) is 0 Å². The normalized spacial score (nSPS) is 10.3. The van der Waals surface area contributed by atoms with Crippen molar-refractivity contribution in [3.05, 3.63) is 69.7 Å². The van der Waals surface area contributed by atoms with Crippen LogP contribution in [0.5, 0.6) is 0 Å². The third kappa shape index (κ3) is 3.30. The standard InChI is InChI=1S/C16H15BrO/c1-12-7-9-14(15(17)11-12)16(18)10-8-13-5-3-2-4-6-13/h2-7,9,11H,8,10H2,1H3. The first-order valence-electron chi connectivity index (χ1n) is 6.00. The van der Waals surface area contributed by atoms with E-state index in [1.54, 1.807) is 0 Å². The van der Waals surface area contributed by atoms with E-state index < -0.39 is 0 Å². The van der Waals surface area contributed by atoms with Crippen LogP contribution in [-0.4, -0.2) is 5.78 Å². The van der Waals surface area contributed by atoms with E-state index >= 15 is 0 Å². The van der Waals surface area contributed by atoms with Crippen LogP contribution in [0, 0.1) is 6.92 Å². The number of aryl methyl sites for hydroxylation is 2. The van der Waals surface area contributed by atoms with E-state index in [4.69, 9.17) is 0 Å². The minimum atomic E-state index is 0.186. The summed E-state index contributed by atoms with van der Waals surface area (Å²) in [6.45, 7) is 2.02. The highest BCUT2D eigenvalue weighted by atomic mass is 79.9. The highest BCUT2D eigenvalue weighted by molar-refractivity contribution is 9.10. The molecule has 0 heterocycles. The summed E-state index contributed by atoms with van der Waals surface area (Å²) in [5, 5.41) is 0. The van der Waals surface area contributed by atoms with Gasteiger partial charge in [0.1, 0.15) is 0 Å². The third-order valence-corrected chi connectivity index (χ3v) is 3.56. The van der Waals surface area contributed by atoms with Gasteiger partial charge in [0, 0.05) is 16.5 Å². The summed E-state index contributed by atoms with van der Waals surface area (Å²) in [6.07, 6.45) is 1.34. The molecule has 0 amide bonds. The molecule has 0 spiro atoms. The lowest BCUT2D eigenvalue weighted by Crippen LogP contribution is -2.02. The van der Waals surface area contributed by atoms with Crippen LogP contribution in [0.1, 0.15) is 27.9 Å². The van der Waals surface area contributed by atoms with Crippen molar-refractivity contribution in [2.24, 2.45) is 0 Å². The molecular weight excluding hydrogens is 288 g/mol. The maximum absolute atomic E-state index is 12.1. The Kier molecular flexibility index (Phi) is 4.32. The molecule has 0 aliphatic heterocycles. The minimum absolute atomic E-state index is 0.186. The second kappa shape index (κ2) is 5.96. The Morgan fingerprint density at radius 2 is 1.83 bits per heavy atom. The number of benzene rings is 2. The van der Waals surface area contributed by atoms with Crippen LogP contribution >= 0.6 is 15.9 Å². The molecular formula is C16H15BrO. The molecule has 0 N–H and O–H groups in total. The molecule has 0 aromatic heterocycles. The molecule has 0 fully saturated rings. The zero-order chi connectivity index (χ0) is 13.0. The van der Waals surface area contributed by atoms with Gasteiger partial charge < -0.3 is 0 Å². The summed E-state index contributed by atoms with van der Waals surface area (Å²) in [5.41, 5.74) is 3.13. The van der Waals surface area contributed by atoms with Crippen LogP contribution in [0.4, 0.5) is 0 Å². The van der Waals surface area contributed by atoms with E-state index in [9.17, 15) is 4.79 Å². The zero-order valence-electron chi connectivity index (χ0n) is 10.3. The predicted octanol–water partition coefficient (Wildman–Crippen LogP) is 4.57. The van der Waals surface area contributed by atoms with Crippen molar-refractivity contribution in [2.45, 2.75) is 19.8 Å². The van der Waals surface area contributed by atoms with Crippen molar-refractivity contribution in [2.75, 3.05) is 0 Å². The summed E-state index contributed by atoms with van der Waals surface area (Å²) in [6, 6.07) is 15.9. The van der Waals surface area contributed by atoms with Gasteiger partial charge in [0.05, 0.1) is 0 Å². The number of ketones is 1. The molecule has 1 nitrogen and oxygen atoms in total. The monoisotopic (exact) mass is 302 g/mol. The van der Waals surface area contributed by atoms with Crippen molar-refractivity contribution in [1.29, 1.82) is 0 Å². The van der Waals surface area contributed by atoms with Crippen LogP contribution in [-0.2, 0) is 6.42 Å². The van der Waals surface area contributed by atoms with Gasteiger partial charge in [0.15, 0.2) is 5.78 Å². The van der Waals surface area contributed by atoms with Crippen LogP contribution in [0.15, 0.2) is 53.0 Å². The lowest BCUT2D eigenvalue weighted by Gasteiger charge is -2.05. The van der Waals surface area contributed by atoms with Gasteiger partial charge >= 0.3 is 0 Å². The van der Waals surface area contributed by atoms with Gasteiger partial charge in [-0.1, -0.05) is 58.4 Å². The highest BCUT2D eigenvalue weighted by Crippen LogP contribution is 2.20. The molecule has 92 valence electrons. The third-order valence-electron chi connectivity index (χ3n) is 2.91. The first kappa shape index (κ1) is 13.0. The van der Waals surface area contributed by atoms with E-state index in [0.717, 1.165) is 22.0 Å². The zero-order valence-corrected chi connectivity index (χ0v) is 11.9. The second-order valence-corrected chi connectivity index (χ2v) is 5.25. The van der Waals surface area contributed by atoms with Crippen molar-refractivity contribution < 1.29 is 4.79 Å². The fourth-order valence-electron chi connectivity index (χ4n) is 1.88. The largest absolute Gasteiger partial charge is 0.294 e. The average molecular weight is 303 g/mol. The van der Waals surface area contributed by atoms with Crippen LogP contribution < -0.4 is 0 Å². The summed E-state index contributed by atoms with van der Waals surface area (Å²) < 4.78 is 0.889. The Morgan fingerprint density at radius 1 is 1.11 bits per heavy atom. The fourth-order valence-corrected chi connectivity index (χ4v) is 2.60. The molecule has 0 saturated carbocycles. The summed E-state index contributed by atoms with van der Waals surface area (Å²) in [7, 11) is 0. The molecule has 18 heavy (non-hydrogen) atoms. The molecule has 2 heteroatoms. The van der Waals surface area contributed by atoms with Crippen LogP contribution in [0.3, 0.4) is 0 Å². The number of Topliss-reactive ketones (excluding diaryl/α,β-unsaturated/α-hetero) is 1. The van der Waals surface area contributed by atoms with Gasteiger partial charge in [-0.25, -0.2) is 0 Å². The van der Waals surface area contributed by atoms with E-state index in [1.807, 2.05) is 43.3 Å². The molecule has 0 bridgehead atoms. The van der Waals surface area contributed by atoms with E-state index in [2.05, 4.69) is 28.1 Å². The average Bonchev–Trinajstić information content (AvgIpc) is 2.37. The minimum Gasteiger partial charge on any atom is -0.294 e. The first-order chi connectivity index (χ1) is 8.66. The van der Waals surface area contributed by atoms with Gasteiger partial charge in [-0.15, -0.1) is 0 Å². The van der Waals surface area contributed by atoms with Crippen LogP contribution in [0.2, 0.25) is 0 Å². The van der Waals surface area contributed by atoms with Gasteiger partial charge in [0.25, 0.3) is 0 Å². The van der Waals surface area contributed by atoms with Crippen molar-refractivity contribution in [1.82, 2.24) is 0 Å². The fraction of sp³-hybridized carbons (Fsp3) is 0.188. The quantitative estimate of drug-likeness (QED) is 0.756. The Morgan fingerprint density at radius 3 is 2.50 bits per heavy atom. The summed E-state index contributed by atoms with van der Waals surface area (Å²) >= 11 is 3.45. The van der Waals surface area contributed by atoms with Crippen molar-refractivity contribution in [3.8, 4) is 0 Å². The lowest BCUT2D eigenvalue weighted by molar-refractivity contribution is 0.0982. The SMILES string of the molecule is Cc1ccc(C(=O)CCc2ccccc2)c(Br)c1. The molecule has 0 unspecified atom stereocenters. The Hall–Kier alpha value is -1.41. The van der Waals surface area contributed by atoms with E-state index in [1.165, 1.54) is 5.56 Å². The second-order valence-electron chi connectivity index (χ2n) is 4.39. The molecule has 0 radical (unpaired) electrons. The summed E-state index contributed by atoms with van der Waals surface area (Å²) in [5.74, 6) is 0.186. The maximum atomic E-state index is 12.1. The Bertz CT molecular complexity index is 546. The van der Waals surface area contributed by atoms with E-state index in [-0.39, 0.29) is 5.78 Å². The van der Waals surface area contributed by atoms with Gasteiger partial charge in [-0.2, -0.15) is 0 Å². The lowest BCUT2D eigenvalue weighted by atomic mass is 10.0. The molecule has 0 saturated heterocycles. The predicted molar refractivity (Wildman–Crippen MR) is 78.0 cm³/mol. The molecule has 0 atom stereocenters. The number of carbonyl (C=O) groups is 1. The van der Waals surface area contributed by atoms with Gasteiger partial charge in [-0.3, -0.25) is 4.79 Å². The van der Waals surface area contributed by atoms with Gasteiger partial charge in [-0.05, 0) is 30.5 Å². The van der Waals surface area contributed by atoms with Crippen LogP contribution in [0.25, 0.3) is 0 Å². The van der Waals surface area contributed by atoms with Crippen molar-refractivity contribution >= 4 is 21.7 Å². The number of carbonyl (C=O) groups excluding carboxylic acids is 1. The molecule has 0 aliphatic rings. The van der Waals surface area contributed by atoms with E-state index in [0.29, 0.717) is 6.42 Å². The topological polar surface area (TPSA) is 17.1 Å². The molecule has 0 aliphatic carbocycles. The maximum Gasteiger partial charge on any atom is 0.164 e. The summed E-state index contributed by atoms with van der Waals surface area (Å²) in [4.78, 5) is 12.1. The van der Waals surface area contributed by atoms with Gasteiger partial charge in [0.2, 0.25) is 0 Å². The number of hydrogen-bond donors (Lipinski definition) is 0. The molecule has 2 rings (SSSR count). The Balaban J connectivity index is 2.04. The number of hydrogen-bond acceptors (Lipinski definition) is 1. The first-order valence-corrected chi connectivity index (χ1v) is 6.79. The molecule has 2 aromatic carbocycles.